The molecular weight excluding hydrogens is 450 g/mol. The van der Waals surface area contributed by atoms with E-state index in [1.165, 1.54) is 12.1 Å². The number of ketones is 1. The van der Waals surface area contributed by atoms with Crippen LogP contribution in [0.1, 0.15) is 44.9 Å². The molecule has 1 fully saturated rings. The minimum Gasteiger partial charge on any atom is -0.497 e. The maximum absolute atomic E-state index is 12.9. The van der Waals surface area contributed by atoms with E-state index in [-0.39, 0.29) is 17.0 Å². The highest BCUT2D eigenvalue weighted by Crippen LogP contribution is 2.32. The van der Waals surface area contributed by atoms with Crippen LogP contribution in [0.15, 0.2) is 48.5 Å². The summed E-state index contributed by atoms with van der Waals surface area (Å²) < 4.78 is 12.4. The third-order valence-corrected chi connectivity index (χ3v) is 6.25. The van der Waals surface area contributed by atoms with E-state index in [1.807, 2.05) is 47.6 Å². The molecule has 9 heteroatoms. The van der Waals surface area contributed by atoms with Crippen molar-refractivity contribution in [2.75, 3.05) is 31.7 Å². The molecule has 0 radical (unpaired) electrons. The zero-order valence-electron chi connectivity index (χ0n) is 19.9. The Kier molecular flexibility index (Phi) is 6.86. The van der Waals surface area contributed by atoms with Gasteiger partial charge in [0.25, 0.3) is 5.69 Å². The van der Waals surface area contributed by atoms with Crippen molar-refractivity contribution in [1.82, 2.24) is 4.57 Å². The largest absolute Gasteiger partial charge is 0.497 e. The standard InChI is InChI=1S/C26H27N3O6/c1-17-14-22(18(2)28(17)20-7-9-21(34-3)10-8-20)25(30)16-35-26(31)19-6-11-23(24(15-19)29(32)33)27-12-4-5-13-27/h6-11,14-15H,4-5,12-13,16H2,1-3H3. The van der Waals surface area contributed by atoms with E-state index in [0.717, 1.165) is 48.8 Å². The summed E-state index contributed by atoms with van der Waals surface area (Å²) in [7, 11) is 1.60. The van der Waals surface area contributed by atoms with Crippen LogP contribution in [-0.2, 0) is 4.74 Å². The van der Waals surface area contributed by atoms with Gasteiger partial charge < -0.3 is 18.9 Å². The van der Waals surface area contributed by atoms with E-state index in [9.17, 15) is 19.7 Å². The van der Waals surface area contributed by atoms with Crippen molar-refractivity contribution in [1.29, 1.82) is 0 Å². The average Bonchev–Trinajstić information content (AvgIpc) is 3.50. The second kappa shape index (κ2) is 10.0. The van der Waals surface area contributed by atoms with Gasteiger partial charge >= 0.3 is 5.97 Å². The third kappa shape index (κ3) is 4.89. The Bertz CT molecular complexity index is 1270. The number of carbonyl (C=O) groups is 2. The van der Waals surface area contributed by atoms with Gasteiger partial charge in [-0.15, -0.1) is 0 Å². The van der Waals surface area contributed by atoms with Gasteiger partial charge in [-0.2, -0.15) is 0 Å². The topological polar surface area (TPSA) is 104 Å². The lowest BCUT2D eigenvalue weighted by Gasteiger charge is -2.17. The Hall–Kier alpha value is -4.14. The summed E-state index contributed by atoms with van der Waals surface area (Å²) in [6.45, 7) is 4.74. The third-order valence-electron chi connectivity index (χ3n) is 6.25. The lowest BCUT2D eigenvalue weighted by Crippen LogP contribution is -2.19. The number of aromatic nitrogens is 1. The van der Waals surface area contributed by atoms with Crippen LogP contribution in [0.2, 0.25) is 0 Å². The number of anilines is 1. The van der Waals surface area contributed by atoms with Gasteiger partial charge in [0.1, 0.15) is 11.4 Å². The van der Waals surface area contributed by atoms with Gasteiger partial charge in [-0.1, -0.05) is 0 Å². The number of methoxy groups -OCH3 is 1. The highest BCUT2D eigenvalue weighted by atomic mass is 16.6. The number of Topliss-reactive ketones (excluding diaryl/α,β-unsaturated/α-hetero) is 1. The Labute approximate surface area is 203 Å². The fourth-order valence-corrected chi connectivity index (χ4v) is 4.49. The van der Waals surface area contributed by atoms with Gasteiger partial charge in [0.2, 0.25) is 5.78 Å². The van der Waals surface area contributed by atoms with Crippen molar-refractivity contribution in [2.24, 2.45) is 0 Å². The number of hydrogen-bond donors (Lipinski definition) is 0. The number of ether oxygens (including phenoxy) is 2. The van der Waals surface area contributed by atoms with Crippen LogP contribution in [0, 0.1) is 24.0 Å². The number of nitro benzene ring substituents is 1. The molecule has 1 aliphatic rings. The Morgan fingerprint density at radius 2 is 1.71 bits per heavy atom. The van der Waals surface area contributed by atoms with Gasteiger partial charge in [0, 0.05) is 41.8 Å². The minimum absolute atomic E-state index is 0.0381. The van der Waals surface area contributed by atoms with Crippen molar-refractivity contribution >= 4 is 23.1 Å². The lowest BCUT2D eigenvalue weighted by atomic mass is 10.1. The first-order valence-corrected chi connectivity index (χ1v) is 11.4. The molecule has 0 amide bonds. The Morgan fingerprint density at radius 3 is 2.34 bits per heavy atom. The minimum atomic E-state index is -0.779. The van der Waals surface area contributed by atoms with Crippen LogP contribution in [0.25, 0.3) is 5.69 Å². The number of nitro groups is 1. The molecule has 4 rings (SSSR count). The highest BCUT2D eigenvalue weighted by molar-refractivity contribution is 6.00. The summed E-state index contributed by atoms with van der Waals surface area (Å²) >= 11 is 0. The van der Waals surface area contributed by atoms with Crippen molar-refractivity contribution < 1.29 is 24.0 Å². The molecule has 2 heterocycles. The van der Waals surface area contributed by atoms with Crippen LogP contribution in [0.3, 0.4) is 0 Å². The zero-order valence-corrected chi connectivity index (χ0v) is 19.9. The zero-order chi connectivity index (χ0) is 25.1. The maximum Gasteiger partial charge on any atom is 0.338 e. The van der Waals surface area contributed by atoms with Gasteiger partial charge in [-0.25, -0.2) is 4.79 Å². The smallest absolute Gasteiger partial charge is 0.338 e. The first-order valence-electron chi connectivity index (χ1n) is 11.4. The molecule has 0 N–H and O–H groups in total. The maximum atomic E-state index is 12.9. The molecule has 1 aromatic heterocycles. The van der Waals surface area contributed by atoms with E-state index in [2.05, 4.69) is 0 Å². The normalized spacial score (nSPS) is 13.1. The molecule has 0 aliphatic carbocycles. The molecule has 35 heavy (non-hydrogen) atoms. The van der Waals surface area contributed by atoms with Crippen LogP contribution >= 0.6 is 0 Å². The number of esters is 1. The Morgan fingerprint density at radius 1 is 1.03 bits per heavy atom. The van der Waals surface area contributed by atoms with Crippen LogP contribution < -0.4 is 9.64 Å². The molecule has 1 aliphatic heterocycles. The predicted octanol–water partition coefficient (Wildman–Crippen LogP) is 4.65. The second-order valence-corrected chi connectivity index (χ2v) is 8.47. The first-order chi connectivity index (χ1) is 16.8. The molecule has 9 nitrogen and oxygen atoms in total. The quantitative estimate of drug-likeness (QED) is 0.201. The Balaban J connectivity index is 1.48. The molecule has 0 bridgehead atoms. The van der Waals surface area contributed by atoms with Crippen molar-refractivity contribution in [3.05, 3.63) is 81.2 Å². The van der Waals surface area contributed by atoms with Gasteiger partial charge in [-0.05, 0) is 69.2 Å². The average molecular weight is 478 g/mol. The number of rotatable bonds is 8. The summed E-state index contributed by atoms with van der Waals surface area (Å²) in [6.07, 6.45) is 1.95. The monoisotopic (exact) mass is 477 g/mol. The van der Waals surface area contributed by atoms with Crippen molar-refractivity contribution in [3.8, 4) is 11.4 Å². The van der Waals surface area contributed by atoms with Crippen LogP contribution in [-0.4, -0.2) is 48.0 Å². The van der Waals surface area contributed by atoms with E-state index in [4.69, 9.17) is 9.47 Å². The molecule has 0 atom stereocenters. The molecule has 182 valence electrons. The number of nitrogens with zero attached hydrogens (tertiary/aromatic N) is 3. The molecular formula is C26H27N3O6. The molecule has 0 saturated carbocycles. The van der Waals surface area contributed by atoms with Gasteiger partial charge in [0.15, 0.2) is 6.61 Å². The molecule has 1 saturated heterocycles. The van der Waals surface area contributed by atoms with Gasteiger partial charge in [0.05, 0.1) is 17.6 Å². The molecule has 2 aromatic carbocycles. The van der Waals surface area contributed by atoms with Crippen molar-refractivity contribution in [2.45, 2.75) is 26.7 Å². The number of carbonyl (C=O) groups excluding carboxylic acids is 2. The van der Waals surface area contributed by atoms with E-state index >= 15 is 0 Å². The number of hydrogen-bond acceptors (Lipinski definition) is 7. The SMILES string of the molecule is COc1ccc(-n2c(C)cc(C(=O)COC(=O)c3ccc(N4CCCC4)c([N+](=O)[O-])c3)c2C)cc1. The molecule has 0 unspecified atom stereocenters. The molecule has 0 spiro atoms. The number of aryl methyl sites for hydroxylation is 1. The van der Waals surface area contributed by atoms with E-state index < -0.39 is 17.5 Å². The second-order valence-electron chi connectivity index (χ2n) is 8.47. The van der Waals surface area contributed by atoms with E-state index in [1.54, 1.807) is 19.2 Å². The molecule has 3 aromatic rings. The first kappa shape index (κ1) is 24.0. The van der Waals surface area contributed by atoms with E-state index in [0.29, 0.717) is 11.3 Å². The van der Waals surface area contributed by atoms with Crippen LogP contribution in [0.5, 0.6) is 5.75 Å². The predicted molar refractivity (Wildman–Crippen MR) is 131 cm³/mol. The lowest BCUT2D eigenvalue weighted by molar-refractivity contribution is -0.384. The summed E-state index contributed by atoms with van der Waals surface area (Å²) in [6, 6.07) is 13.5. The van der Waals surface area contributed by atoms with Gasteiger partial charge in [-0.3, -0.25) is 14.9 Å². The van der Waals surface area contributed by atoms with Crippen LogP contribution in [0.4, 0.5) is 11.4 Å². The highest BCUT2D eigenvalue weighted by Gasteiger charge is 2.25. The summed E-state index contributed by atoms with van der Waals surface area (Å²) in [5.41, 5.74) is 3.29. The van der Waals surface area contributed by atoms with Crippen molar-refractivity contribution in [3.63, 3.8) is 0 Å². The summed E-state index contributed by atoms with van der Waals surface area (Å²) in [5.74, 6) is -0.402. The fraction of sp³-hybridized carbons (Fsp3) is 0.308. The fourth-order valence-electron chi connectivity index (χ4n) is 4.49. The summed E-state index contributed by atoms with van der Waals surface area (Å²) in [5, 5.41) is 11.6. The summed E-state index contributed by atoms with van der Waals surface area (Å²) in [4.78, 5) is 38.5. The number of benzene rings is 2.